The molecule has 0 spiro atoms. The van der Waals surface area contributed by atoms with E-state index in [1.807, 2.05) is 0 Å². The van der Waals surface area contributed by atoms with Gasteiger partial charge in [-0.15, -0.1) is 12.4 Å². The van der Waals surface area contributed by atoms with Gasteiger partial charge >= 0.3 is 5.97 Å². The monoisotopic (exact) mass is 349 g/mol. The molecule has 1 aliphatic heterocycles. The number of esters is 1. The van der Waals surface area contributed by atoms with Crippen LogP contribution in [0.3, 0.4) is 0 Å². The minimum absolute atomic E-state index is 0. The summed E-state index contributed by atoms with van der Waals surface area (Å²) < 4.78 is 5.07. The number of hydrogen-bond donors (Lipinski definition) is 2. The Bertz CT molecular complexity index is 302. The Labute approximate surface area is 147 Å². The summed E-state index contributed by atoms with van der Waals surface area (Å²) >= 11 is 0. The van der Waals surface area contributed by atoms with Crippen molar-refractivity contribution in [1.29, 1.82) is 0 Å². The van der Waals surface area contributed by atoms with Crippen LogP contribution in [-0.4, -0.2) is 29.3 Å². The van der Waals surface area contributed by atoms with Gasteiger partial charge in [-0.05, 0) is 12.8 Å². The lowest BCUT2D eigenvalue weighted by Crippen LogP contribution is -2.38. The van der Waals surface area contributed by atoms with Crippen LogP contribution in [0.4, 0.5) is 0 Å². The molecule has 1 heterocycles. The summed E-state index contributed by atoms with van der Waals surface area (Å²) in [6.07, 6.45) is 15.2. The molecule has 0 aromatic carbocycles. The normalized spacial score (nSPS) is 23.6. The predicted octanol–water partition coefficient (Wildman–Crippen LogP) is 4.11. The third-order valence-corrected chi connectivity index (χ3v) is 4.63. The first kappa shape index (κ1) is 22.7. The summed E-state index contributed by atoms with van der Waals surface area (Å²) in [5, 5.41) is 9.73. The third kappa shape index (κ3) is 9.53. The van der Waals surface area contributed by atoms with Gasteiger partial charge in [-0.1, -0.05) is 77.6 Å². The lowest BCUT2D eigenvalue weighted by Gasteiger charge is -2.13. The van der Waals surface area contributed by atoms with Crippen molar-refractivity contribution >= 4 is 18.4 Å². The fourth-order valence-corrected chi connectivity index (χ4v) is 3.08. The number of hydrogen-bond acceptors (Lipinski definition) is 4. The van der Waals surface area contributed by atoms with Crippen LogP contribution in [0.15, 0.2) is 0 Å². The van der Waals surface area contributed by atoms with Crippen LogP contribution in [0, 0.1) is 0 Å². The molecule has 3 atom stereocenters. The molecule has 1 rings (SSSR count). The van der Waals surface area contributed by atoms with Gasteiger partial charge in [-0.3, -0.25) is 4.79 Å². The van der Waals surface area contributed by atoms with E-state index in [-0.39, 0.29) is 18.5 Å². The second-order valence-electron chi connectivity index (χ2n) is 6.67. The average Bonchev–Trinajstić information content (AvgIpc) is 2.75. The van der Waals surface area contributed by atoms with Crippen molar-refractivity contribution in [3.63, 3.8) is 0 Å². The van der Waals surface area contributed by atoms with E-state index in [1.54, 1.807) is 0 Å². The molecule has 0 aromatic heterocycles. The molecule has 0 aliphatic carbocycles. The second-order valence-corrected chi connectivity index (χ2v) is 6.67. The SMILES string of the molecule is CCCCCCCCCCCCCC[C@@H]1OC(=O)[C@H](N)[C@H]1O.Cl. The molecule has 1 fully saturated rings. The summed E-state index contributed by atoms with van der Waals surface area (Å²) in [5.41, 5.74) is 5.52. The van der Waals surface area contributed by atoms with E-state index in [2.05, 4.69) is 6.92 Å². The summed E-state index contributed by atoms with van der Waals surface area (Å²) in [4.78, 5) is 11.2. The molecule has 0 amide bonds. The van der Waals surface area contributed by atoms with Crippen molar-refractivity contribution in [2.45, 2.75) is 109 Å². The van der Waals surface area contributed by atoms with Crippen molar-refractivity contribution in [3.8, 4) is 0 Å². The first-order chi connectivity index (χ1) is 10.7. The number of ether oxygens (including phenoxy) is 1. The highest BCUT2D eigenvalue weighted by atomic mass is 35.5. The molecule has 0 aromatic rings. The Balaban J connectivity index is 0.00000484. The van der Waals surface area contributed by atoms with E-state index in [0.29, 0.717) is 0 Å². The van der Waals surface area contributed by atoms with Gasteiger partial charge in [0.2, 0.25) is 0 Å². The number of aliphatic hydroxyl groups excluding tert-OH is 1. The molecule has 0 radical (unpaired) electrons. The molecule has 0 saturated carbocycles. The van der Waals surface area contributed by atoms with Gasteiger partial charge < -0.3 is 15.6 Å². The number of cyclic esters (lactones) is 1. The van der Waals surface area contributed by atoms with E-state index >= 15 is 0 Å². The Morgan fingerprint density at radius 2 is 1.35 bits per heavy atom. The number of rotatable bonds is 13. The van der Waals surface area contributed by atoms with E-state index in [9.17, 15) is 9.90 Å². The zero-order valence-electron chi connectivity index (χ0n) is 14.7. The highest BCUT2D eigenvalue weighted by Gasteiger charge is 2.40. The summed E-state index contributed by atoms with van der Waals surface area (Å²) in [6, 6.07) is -0.845. The first-order valence-corrected chi connectivity index (χ1v) is 9.31. The Morgan fingerprint density at radius 3 is 1.74 bits per heavy atom. The molecular formula is C18H36ClNO3. The summed E-state index contributed by atoms with van der Waals surface area (Å²) in [7, 11) is 0. The van der Waals surface area contributed by atoms with Crippen molar-refractivity contribution < 1.29 is 14.6 Å². The lowest BCUT2D eigenvalue weighted by atomic mass is 10.0. The molecule has 1 saturated heterocycles. The van der Waals surface area contributed by atoms with E-state index in [4.69, 9.17) is 10.5 Å². The maximum atomic E-state index is 11.2. The summed E-state index contributed by atoms with van der Waals surface area (Å²) in [5.74, 6) is -0.462. The number of halogens is 1. The zero-order chi connectivity index (χ0) is 16.2. The minimum atomic E-state index is -0.845. The number of aliphatic hydroxyl groups is 1. The largest absolute Gasteiger partial charge is 0.458 e. The number of carbonyl (C=O) groups excluding carboxylic acids is 1. The minimum Gasteiger partial charge on any atom is -0.458 e. The zero-order valence-corrected chi connectivity index (χ0v) is 15.5. The van der Waals surface area contributed by atoms with Gasteiger partial charge in [0.15, 0.2) is 0 Å². The lowest BCUT2D eigenvalue weighted by molar-refractivity contribution is -0.142. The molecule has 4 nitrogen and oxygen atoms in total. The van der Waals surface area contributed by atoms with Crippen molar-refractivity contribution in [1.82, 2.24) is 0 Å². The number of carbonyl (C=O) groups is 1. The van der Waals surface area contributed by atoms with E-state index in [1.165, 1.54) is 64.2 Å². The first-order valence-electron chi connectivity index (χ1n) is 9.31. The maximum Gasteiger partial charge on any atom is 0.326 e. The van der Waals surface area contributed by atoms with Crippen LogP contribution in [0.2, 0.25) is 0 Å². The molecule has 3 N–H and O–H groups in total. The average molecular weight is 350 g/mol. The smallest absolute Gasteiger partial charge is 0.326 e. The third-order valence-electron chi connectivity index (χ3n) is 4.63. The van der Waals surface area contributed by atoms with E-state index < -0.39 is 18.1 Å². The van der Waals surface area contributed by atoms with Gasteiger partial charge in [-0.2, -0.15) is 0 Å². The van der Waals surface area contributed by atoms with Gasteiger partial charge in [0.1, 0.15) is 18.2 Å². The molecule has 0 bridgehead atoms. The fraction of sp³-hybridized carbons (Fsp3) is 0.944. The van der Waals surface area contributed by atoms with Crippen molar-refractivity contribution in [2.24, 2.45) is 5.73 Å². The van der Waals surface area contributed by atoms with Crippen LogP contribution < -0.4 is 5.73 Å². The van der Waals surface area contributed by atoms with E-state index in [0.717, 1.165) is 19.3 Å². The Morgan fingerprint density at radius 1 is 0.913 bits per heavy atom. The Kier molecular flexibility index (Phi) is 13.9. The summed E-state index contributed by atoms with van der Waals surface area (Å²) in [6.45, 7) is 2.26. The van der Waals surface area contributed by atoms with Crippen LogP contribution in [0.5, 0.6) is 0 Å². The van der Waals surface area contributed by atoms with Gasteiger partial charge in [0.25, 0.3) is 0 Å². The van der Waals surface area contributed by atoms with Crippen LogP contribution in [0.1, 0.15) is 90.4 Å². The van der Waals surface area contributed by atoms with Crippen LogP contribution in [-0.2, 0) is 9.53 Å². The van der Waals surface area contributed by atoms with Gasteiger partial charge in [0, 0.05) is 0 Å². The number of unbranched alkanes of at least 4 members (excludes halogenated alkanes) is 11. The molecule has 5 heteroatoms. The fourth-order valence-electron chi connectivity index (χ4n) is 3.08. The molecule has 0 unspecified atom stereocenters. The molecule has 23 heavy (non-hydrogen) atoms. The Hall–Kier alpha value is -0.320. The van der Waals surface area contributed by atoms with Crippen molar-refractivity contribution in [2.75, 3.05) is 0 Å². The highest BCUT2D eigenvalue weighted by molar-refractivity contribution is 5.85. The second kappa shape index (κ2) is 14.1. The molecular weight excluding hydrogens is 314 g/mol. The predicted molar refractivity (Wildman–Crippen MR) is 96.8 cm³/mol. The molecule has 1 aliphatic rings. The van der Waals surface area contributed by atoms with Crippen LogP contribution in [0.25, 0.3) is 0 Å². The standard InChI is InChI=1S/C18H35NO3.ClH/c1-2-3-4-5-6-7-8-9-10-11-12-13-14-15-17(20)16(19)18(21)22-15;/h15-17,20H,2-14,19H2,1H3;1H/t15-,16+,17-;/m0./s1. The number of nitrogens with two attached hydrogens (primary N) is 1. The maximum absolute atomic E-state index is 11.2. The quantitative estimate of drug-likeness (QED) is 0.387. The topological polar surface area (TPSA) is 72.5 Å². The van der Waals surface area contributed by atoms with Gasteiger partial charge in [0.05, 0.1) is 0 Å². The molecule has 138 valence electrons. The van der Waals surface area contributed by atoms with Crippen LogP contribution >= 0.6 is 12.4 Å². The highest BCUT2D eigenvalue weighted by Crippen LogP contribution is 2.20. The van der Waals surface area contributed by atoms with Crippen molar-refractivity contribution in [3.05, 3.63) is 0 Å². The van der Waals surface area contributed by atoms with Gasteiger partial charge in [-0.25, -0.2) is 0 Å².